The minimum Gasteiger partial charge on any atom is -0.368 e. The van der Waals surface area contributed by atoms with Crippen molar-refractivity contribution in [3.63, 3.8) is 0 Å². The third-order valence-corrected chi connectivity index (χ3v) is 7.31. The number of rotatable bonds is 3. The van der Waals surface area contributed by atoms with Gasteiger partial charge in [0.1, 0.15) is 5.52 Å². The highest BCUT2D eigenvalue weighted by Crippen LogP contribution is 2.47. The number of hydrogen-bond acceptors (Lipinski definition) is 6. The van der Waals surface area contributed by atoms with E-state index in [-0.39, 0.29) is 11.6 Å². The van der Waals surface area contributed by atoms with Gasteiger partial charge in [0.25, 0.3) is 5.91 Å². The second-order valence-corrected chi connectivity index (χ2v) is 9.29. The summed E-state index contributed by atoms with van der Waals surface area (Å²) in [5.41, 5.74) is 3.34. The number of anilines is 2. The van der Waals surface area contributed by atoms with Crippen molar-refractivity contribution in [1.82, 2.24) is 24.5 Å². The van der Waals surface area contributed by atoms with Crippen molar-refractivity contribution in [3.8, 4) is 0 Å². The number of nitrogens with zero attached hydrogens (tertiary/aromatic N) is 6. The lowest BCUT2D eigenvalue weighted by Crippen LogP contribution is -2.45. The number of piperidine rings is 1. The van der Waals surface area contributed by atoms with E-state index in [0.29, 0.717) is 34.5 Å². The molecule has 0 aliphatic carbocycles. The highest BCUT2D eigenvalue weighted by molar-refractivity contribution is 6.13. The van der Waals surface area contributed by atoms with Crippen molar-refractivity contribution in [2.45, 2.75) is 37.9 Å². The number of pyridine rings is 1. The molecule has 2 unspecified atom stereocenters. The number of nitrogens with one attached hydrogen (secondary N) is 1. The number of hydrogen-bond donors (Lipinski definition) is 1. The van der Waals surface area contributed by atoms with Crippen LogP contribution in [0, 0.1) is 12.7 Å². The van der Waals surface area contributed by atoms with Crippen LogP contribution in [0.2, 0.25) is 0 Å². The fourth-order valence-corrected chi connectivity index (χ4v) is 5.88. The lowest BCUT2D eigenvalue weighted by molar-refractivity contribution is 0.102. The summed E-state index contributed by atoms with van der Waals surface area (Å²) in [7, 11) is 0. The van der Waals surface area contributed by atoms with Crippen molar-refractivity contribution >= 4 is 33.8 Å². The number of halogens is 1. The molecule has 0 saturated carbocycles. The molecule has 1 N–H and O–H groups in total. The summed E-state index contributed by atoms with van der Waals surface area (Å²) < 4.78 is 16.0. The number of amides is 1. The summed E-state index contributed by atoms with van der Waals surface area (Å²) in [5.74, 6) is -0.844. The first-order valence-corrected chi connectivity index (χ1v) is 11.3. The standard InChI is InChI=1S/C24H22FN7O/c1-13-9-31-10-14(8-18(25)23(31)27-13)28-24(33)17-3-5-19(16-6-7-26-29-22(16)17)30-11-15-2-4-20-21(12-30)32(15)20/h3,5-10,15,20-21H,2,4,11-12H2,1H3,(H,28,33)/t15-,20?,21-,32?/m0/s1. The van der Waals surface area contributed by atoms with Crippen LogP contribution in [0.5, 0.6) is 0 Å². The van der Waals surface area contributed by atoms with Gasteiger partial charge in [-0.15, -0.1) is 5.10 Å². The molecule has 7 rings (SSSR count). The van der Waals surface area contributed by atoms with Gasteiger partial charge in [0, 0.05) is 60.7 Å². The molecule has 33 heavy (non-hydrogen) atoms. The summed E-state index contributed by atoms with van der Waals surface area (Å²) in [6.45, 7) is 3.80. The van der Waals surface area contributed by atoms with Gasteiger partial charge in [-0.3, -0.25) is 9.69 Å². The zero-order chi connectivity index (χ0) is 22.3. The number of carbonyl (C=O) groups excluding carboxylic acids is 1. The Kier molecular flexibility index (Phi) is 3.85. The smallest absolute Gasteiger partial charge is 0.257 e. The van der Waals surface area contributed by atoms with Crippen LogP contribution in [0.25, 0.3) is 16.6 Å². The maximum atomic E-state index is 14.5. The van der Waals surface area contributed by atoms with E-state index in [4.69, 9.17) is 0 Å². The molecule has 8 nitrogen and oxygen atoms in total. The topological polar surface area (TPSA) is 78.4 Å². The van der Waals surface area contributed by atoms with E-state index in [2.05, 4.69) is 30.3 Å². The summed E-state index contributed by atoms with van der Waals surface area (Å²) in [6.07, 6.45) is 7.61. The largest absolute Gasteiger partial charge is 0.368 e. The van der Waals surface area contributed by atoms with Crippen LogP contribution < -0.4 is 10.2 Å². The first-order chi connectivity index (χ1) is 16.1. The lowest BCUT2D eigenvalue weighted by Gasteiger charge is -2.35. The molecular formula is C24H22FN7O. The highest BCUT2D eigenvalue weighted by Gasteiger charge is 2.58. The van der Waals surface area contributed by atoms with Gasteiger partial charge in [-0.25, -0.2) is 9.37 Å². The SMILES string of the molecule is Cc1cn2cc(NC(=O)c3ccc(N4C[C@@H]5CCC6[C@H](C4)N65)c4ccnnc34)cc(F)c2n1. The van der Waals surface area contributed by atoms with Crippen LogP contribution >= 0.6 is 0 Å². The zero-order valence-electron chi connectivity index (χ0n) is 18.1. The van der Waals surface area contributed by atoms with Gasteiger partial charge < -0.3 is 14.6 Å². The van der Waals surface area contributed by atoms with Crippen LogP contribution in [0.1, 0.15) is 28.9 Å². The molecule has 0 spiro atoms. The van der Waals surface area contributed by atoms with Gasteiger partial charge in [0.15, 0.2) is 11.5 Å². The number of imidazole rings is 1. The van der Waals surface area contributed by atoms with Crippen molar-refractivity contribution < 1.29 is 9.18 Å². The van der Waals surface area contributed by atoms with Gasteiger partial charge in [-0.05, 0) is 38.0 Å². The Hall–Kier alpha value is -3.59. The number of fused-ring (bicyclic) bond motifs is 3. The number of piperazine rings is 1. The zero-order valence-corrected chi connectivity index (χ0v) is 18.1. The molecule has 3 aromatic heterocycles. The van der Waals surface area contributed by atoms with Crippen LogP contribution in [0.3, 0.4) is 0 Å². The van der Waals surface area contributed by atoms with Gasteiger partial charge in [-0.2, -0.15) is 5.10 Å². The molecule has 3 saturated heterocycles. The van der Waals surface area contributed by atoms with Crippen molar-refractivity contribution in [2.75, 3.05) is 23.3 Å². The molecule has 3 aliphatic rings. The minimum atomic E-state index is -0.491. The van der Waals surface area contributed by atoms with E-state index in [1.807, 2.05) is 12.1 Å². The van der Waals surface area contributed by atoms with Crippen molar-refractivity contribution in [3.05, 3.63) is 59.9 Å². The van der Waals surface area contributed by atoms with Crippen LogP contribution in [-0.2, 0) is 0 Å². The number of carbonyl (C=O) groups is 1. The van der Waals surface area contributed by atoms with Crippen molar-refractivity contribution in [1.29, 1.82) is 0 Å². The second kappa shape index (κ2) is 6.71. The Balaban J connectivity index is 1.23. The summed E-state index contributed by atoms with van der Waals surface area (Å²) in [5, 5.41) is 12.1. The lowest BCUT2D eigenvalue weighted by atomic mass is 10.0. The molecule has 4 atom stereocenters. The van der Waals surface area contributed by atoms with E-state index in [1.54, 1.807) is 36.0 Å². The van der Waals surface area contributed by atoms with Crippen LogP contribution in [0.4, 0.5) is 15.8 Å². The maximum Gasteiger partial charge on any atom is 0.257 e. The predicted octanol–water partition coefficient (Wildman–Crippen LogP) is 3.01. The number of benzene rings is 1. The van der Waals surface area contributed by atoms with Crippen LogP contribution in [0.15, 0.2) is 42.9 Å². The Labute approximate surface area is 189 Å². The average molecular weight is 443 g/mol. The third-order valence-electron chi connectivity index (χ3n) is 7.31. The van der Waals surface area contributed by atoms with E-state index in [9.17, 15) is 9.18 Å². The molecule has 6 heterocycles. The molecule has 0 radical (unpaired) electrons. The molecule has 4 aromatic rings. The van der Waals surface area contributed by atoms with Crippen LogP contribution in [-0.4, -0.2) is 61.6 Å². The minimum absolute atomic E-state index is 0.232. The molecule has 0 bridgehead atoms. The molecule has 9 heteroatoms. The maximum absolute atomic E-state index is 14.5. The van der Waals surface area contributed by atoms with Gasteiger partial charge in [-0.1, -0.05) is 0 Å². The first-order valence-electron chi connectivity index (χ1n) is 11.3. The Bertz CT molecular complexity index is 1450. The Morgan fingerprint density at radius 3 is 2.94 bits per heavy atom. The van der Waals surface area contributed by atoms with Gasteiger partial charge in [0.05, 0.1) is 23.1 Å². The van der Waals surface area contributed by atoms with E-state index in [0.717, 1.165) is 30.2 Å². The fourth-order valence-electron chi connectivity index (χ4n) is 5.88. The van der Waals surface area contributed by atoms with E-state index in [1.165, 1.54) is 18.9 Å². The molecule has 3 fully saturated rings. The fraction of sp³-hybridized carbons (Fsp3) is 0.333. The third kappa shape index (κ3) is 2.85. The number of aromatic nitrogens is 4. The van der Waals surface area contributed by atoms with E-state index < -0.39 is 5.82 Å². The normalized spacial score (nSPS) is 25.5. The molecular weight excluding hydrogens is 421 g/mol. The summed E-state index contributed by atoms with van der Waals surface area (Å²) in [4.78, 5) is 22.4. The van der Waals surface area contributed by atoms with Crippen molar-refractivity contribution in [2.24, 2.45) is 0 Å². The highest BCUT2D eigenvalue weighted by atomic mass is 19.1. The molecule has 166 valence electrons. The Morgan fingerprint density at radius 1 is 1.15 bits per heavy atom. The predicted molar refractivity (Wildman–Crippen MR) is 122 cm³/mol. The van der Waals surface area contributed by atoms with E-state index >= 15 is 0 Å². The Morgan fingerprint density at radius 2 is 2.06 bits per heavy atom. The first kappa shape index (κ1) is 18.9. The summed E-state index contributed by atoms with van der Waals surface area (Å²) in [6, 6.07) is 9.05. The monoisotopic (exact) mass is 443 g/mol. The molecule has 3 aliphatic heterocycles. The molecule has 1 amide bonds. The number of aryl methyl sites for hydroxylation is 1. The quantitative estimate of drug-likeness (QED) is 0.491. The second-order valence-electron chi connectivity index (χ2n) is 9.29. The van der Waals surface area contributed by atoms with Gasteiger partial charge >= 0.3 is 0 Å². The summed E-state index contributed by atoms with van der Waals surface area (Å²) >= 11 is 0. The average Bonchev–Trinajstić information content (AvgIpc) is 3.11. The molecule has 1 aromatic carbocycles. The van der Waals surface area contributed by atoms with Gasteiger partial charge in [0.2, 0.25) is 0 Å².